The predicted molar refractivity (Wildman–Crippen MR) is 111 cm³/mol. The van der Waals surface area contributed by atoms with Crippen LogP contribution < -0.4 is 16.4 Å². The van der Waals surface area contributed by atoms with Crippen LogP contribution in [0.3, 0.4) is 0 Å². The Morgan fingerprint density at radius 3 is 2.71 bits per heavy atom. The molecule has 24 heavy (non-hydrogen) atoms. The third kappa shape index (κ3) is 7.36. The Morgan fingerprint density at radius 1 is 1.38 bits per heavy atom. The van der Waals surface area contributed by atoms with Crippen LogP contribution in [-0.4, -0.2) is 37.3 Å². The van der Waals surface area contributed by atoms with Crippen LogP contribution >= 0.6 is 24.0 Å². The van der Waals surface area contributed by atoms with Crippen LogP contribution in [0, 0.1) is 0 Å². The Kier molecular flexibility index (Phi) is 9.01. The molecule has 1 fully saturated rings. The van der Waals surface area contributed by atoms with Crippen molar-refractivity contribution in [2.24, 2.45) is 10.7 Å². The molecular weight excluding hydrogens is 415 g/mol. The van der Waals surface area contributed by atoms with Gasteiger partial charge in [0.25, 0.3) is 0 Å². The molecule has 2 atom stereocenters. The number of guanidine groups is 1. The predicted octanol–water partition coefficient (Wildman–Crippen LogP) is 2.82. The summed E-state index contributed by atoms with van der Waals surface area (Å²) in [5.74, 6) is 0.489. The third-order valence-electron chi connectivity index (χ3n) is 4.09. The average molecular weight is 446 g/mol. The van der Waals surface area contributed by atoms with Crippen LogP contribution in [0.2, 0.25) is 0 Å². The minimum Gasteiger partial charge on any atom is -0.376 e. The Labute approximate surface area is 162 Å². The molecule has 0 amide bonds. The van der Waals surface area contributed by atoms with E-state index in [0.717, 1.165) is 26.0 Å². The molecule has 1 heterocycles. The topological polar surface area (TPSA) is 71.7 Å². The molecular formula is C18H31IN4O. The Bertz CT molecular complexity index is 501. The van der Waals surface area contributed by atoms with Gasteiger partial charge in [-0.15, -0.1) is 24.0 Å². The number of nitrogens with one attached hydrogen (secondary N) is 2. The lowest BCUT2D eigenvalue weighted by Crippen LogP contribution is -2.45. The summed E-state index contributed by atoms with van der Waals surface area (Å²) in [6.45, 7) is 8.67. The second kappa shape index (κ2) is 10.2. The number of ether oxygens (including phenoxy) is 1. The lowest BCUT2D eigenvalue weighted by atomic mass is 10.0. The average Bonchev–Trinajstić information content (AvgIpc) is 3.05. The van der Waals surface area contributed by atoms with E-state index < -0.39 is 0 Å². The highest BCUT2D eigenvalue weighted by Gasteiger charge is 2.21. The molecule has 1 saturated heterocycles. The maximum absolute atomic E-state index is 5.96. The van der Waals surface area contributed by atoms with E-state index in [1.54, 1.807) is 0 Å². The van der Waals surface area contributed by atoms with Gasteiger partial charge in [0.15, 0.2) is 5.96 Å². The van der Waals surface area contributed by atoms with Crippen LogP contribution in [0.5, 0.6) is 0 Å². The number of halogens is 1. The SMILES string of the molecule is CC(NC(C)(C)CN=C(N)NCC1CCCO1)c1ccccc1.I. The summed E-state index contributed by atoms with van der Waals surface area (Å²) in [7, 11) is 0. The van der Waals surface area contributed by atoms with E-state index in [1.165, 1.54) is 5.56 Å². The molecule has 1 aromatic rings. The molecule has 136 valence electrons. The summed E-state index contributed by atoms with van der Waals surface area (Å²) >= 11 is 0. The van der Waals surface area contributed by atoms with Crippen LogP contribution in [0.1, 0.15) is 45.2 Å². The molecule has 1 aromatic carbocycles. The number of aliphatic imine (C=N–C) groups is 1. The summed E-state index contributed by atoms with van der Waals surface area (Å²) in [6.07, 6.45) is 2.51. The first-order chi connectivity index (χ1) is 11.0. The minimum atomic E-state index is -0.134. The standard InChI is InChI=1S/C18H30N4O.HI/c1-14(15-8-5-4-6-9-15)22-18(2,3)13-21-17(19)20-12-16-10-7-11-23-16;/h4-6,8-9,14,16,22H,7,10-13H2,1-3H3,(H3,19,20,21);1H. The van der Waals surface area contributed by atoms with Crippen molar-refractivity contribution in [3.63, 3.8) is 0 Å². The molecule has 5 nitrogen and oxygen atoms in total. The van der Waals surface area contributed by atoms with Crippen molar-refractivity contribution in [1.82, 2.24) is 10.6 Å². The fraction of sp³-hybridized carbons (Fsp3) is 0.611. The van der Waals surface area contributed by atoms with E-state index in [-0.39, 0.29) is 41.7 Å². The summed E-state index contributed by atoms with van der Waals surface area (Å²) in [4.78, 5) is 4.47. The molecule has 2 rings (SSSR count). The molecule has 0 aromatic heterocycles. The summed E-state index contributed by atoms with van der Waals surface area (Å²) in [5.41, 5.74) is 7.10. The van der Waals surface area contributed by atoms with Crippen LogP contribution in [0.15, 0.2) is 35.3 Å². The van der Waals surface area contributed by atoms with Gasteiger partial charge < -0.3 is 21.1 Å². The van der Waals surface area contributed by atoms with Crippen molar-refractivity contribution in [2.45, 2.75) is 51.3 Å². The maximum Gasteiger partial charge on any atom is 0.188 e. The quantitative estimate of drug-likeness (QED) is 0.342. The zero-order valence-electron chi connectivity index (χ0n) is 14.9. The number of rotatable bonds is 7. The van der Waals surface area contributed by atoms with E-state index in [0.29, 0.717) is 12.5 Å². The Hall–Kier alpha value is -0.860. The third-order valence-corrected chi connectivity index (χ3v) is 4.09. The van der Waals surface area contributed by atoms with Gasteiger partial charge in [-0.1, -0.05) is 30.3 Å². The first-order valence-electron chi connectivity index (χ1n) is 8.44. The van der Waals surface area contributed by atoms with Gasteiger partial charge in [-0.3, -0.25) is 4.99 Å². The van der Waals surface area contributed by atoms with Gasteiger partial charge in [0.05, 0.1) is 12.6 Å². The number of benzene rings is 1. The molecule has 6 heteroatoms. The fourth-order valence-corrected chi connectivity index (χ4v) is 2.82. The van der Waals surface area contributed by atoms with Gasteiger partial charge in [-0.25, -0.2) is 0 Å². The second-order valence-corrected chi connectivity index (χ2v) is 6.88. The Morgan fingerprint density at radius 2 is 2.08 bits per heavy atom. The van der Waals surface area contributed by atoms with Crippen molar-refractivity contribution >= 4 is 29.9 Å². The first-order valence-corrected chi connectivity index (χ1v) is 8.44. The smallest absolute Gasteiger partial charge is 0.188 e. The first kappa shape index (κ1) is 21.2. The zero-order chi connectivity index (χ0) is 16.7. The molecule has 0 aliphatic carbocycles. The molecule has 1 aliphatic rings. The summed E-state index contributed by atoms with van der Waals surface area (Å²) < 4.78 is 5.56. The highest BCUT2D eigenvalue weighted by Crippen LogP contribution is 2.16. The highest BCUT2D eigenvalue weighted by molar-refractivity contribution is 14.0. The van der Waals surface area contributed by atoms with Gasteiger partial charge in [-0.2, -0.15) is 0 Å². The monoisotopic (exact) mass is 446 g/mol. The second-order valence-electron chi connectivity index (χ2n) is 6.88. The lowest BCUT2D eigenvalue weighted by molar-refractivity contribution is 0.114. The van der Waals surface area contributed by atoms with E-state index >= 15 is 0 Å². The molecule has 1 aliphatic heterocycles. The largest absolute Gasteiger partial charge is 0.376 e. The summed E-state index contributed by atoms with van der Waals surface area (Å²) in [5, 5.41) is 6.77. The molecule has 0 saturated carbocycles. The van der Waals surface area contributed by atoms with Crippen molar-refractivity contribution < 1.29 is 4.74 Å². The minimum absolute atomic E-state index is 0. The molecule has 4 N–H and O–H groups in total. The van der Waals surface area contributed by atoms with Crippen LogP contribution in [-0.2, 0) is 4.74 Å². The van der Waals surface area contributed by atoms with E-state index in [2.05, 4.69) is 60.7 Å². The normalized spacial score (nSPS) is 19.6. The van der Waals surface area contributed by atoms with Gasteiger partial charge in [0.2, 0.25) is 0 Å². The van der Waals surface area contributed by atoms with E-state index in [9.17, 15) is 0 Å². The van der Waals surface area contributed by atoms with Crippen molar-refractivity contribution in [2.75, 3.05) is 19.7 Å². The van der Waals surface area contributed by atoms with E-state index in [4.69, 9.17) is 10.5 Å². The van der Waals surface area contributed by atoms with Gasteiger partial charge in [0, 0.05) is 24.7 Å². The number of nitrogens with two attached hydrogens (primary N) is 1. The van der Waals surface area contributed by atoms with Gasteiger partial charge >= 0.3 is 0 Å². The Balaban J connectivity index is 0.00000288. The highest BCUT2D eigenvalue weighted by atomic mass is 127. The summed E-state index contributed by atoms with van der Waals surface area (Å²) in [6, 6.07) is 10.7. The van der Waals surface area contributed by atoms with Crippen molar-refractivity contribution in [3.05, 3.63) is 35.9 Å². The number of nitrogens with zero attached hydrogens (tertiary/aromatic N) is 1. The molecule has 2 unspecified atom stereocenters. The zero-order valence-corrected chi connectivity index (χ0v) is 17.2. The van der Waals surface area contributed by atoms with Gasteiger partial charge in [-0.05, 0) is 39.2 Å². The number of hydrogen-bond acceptors (Lipinski definition) is 3. The van der Waals surface area contributed by atoms with Crippen molar-refractivity contribution in [3.8, 4) is 0 Å². The molecule has 0 radical (unpaired) electrons. The fourth-order valence-electron chi connectivity index (χ4n) is 2.82. The molecule has 0 bridgehead atoms. The lowest BCUT2D eigenvalue weighted by Gasteiger charge is -2.29. The van der Waals surface area contributed by atoms with Crippen LogP contribution in [0.4, 0.5) is 0 Å². The maximum atomic E-state index is 5.96. The number of hydrogen-bond donors (Lipinski definition) is 3. The van der Waals surface area contributed by atoms with Crippen LogP contribution in [0.25, 0.3) is 0 Å². The van der Waals surface area contributed by atoms with E-state index in [1.807, 2.05) is 6.07 Å². The van der Waals surface area contributed by atoms with Gasteiger partial charge in [0.1, 0.15) is 0 Å². The molecule has 0 spiro atoms. The van der Waals surface area contributed by atoms with Crippen molar-refractivity contribution in [1.29, 1.82) is 0 Å².